The third-order valence-corrected chi connectivity index (χ3v) is 11.6. The highest BCUT2D eigenvalue weighted by atomic mass is 32.1. The molecule has 2 aromatic heterocycles. The van der Waals surface area contributed by atoms with Crippen LogP contribution >= 0.6 is 11.3 Å². The number of nitrogen functional groups attached to an aromatic ring is 1. The number of fused-ring (bicyclic) bond motifs is 3. The molecule has 3 saturated heterocycles. The molecule has 0 amide bonds. The highest BCUT2D eigenvalue weighted by molar-refractivity contribution is 7.23. The number of ether oxygens (including phenoxy) is 2. The van der Waals surface area contributed by atoms with E-state index in [0.29, 0.717) is 37.1 Å². The van der Waals surface area contributed by atoms with Crippen LogP contribution < -0.4 is 20.5 Å². The first kappa shape index (κ1) is 31.4. The molecule has 1 saturated carbocycles. The molecule has 4 aliphatic rings. The Morgan fingerprint density at radius 2 is 1.98 bits per heavy atom. The van der Waals surface area contributed by atoms with E-state index in [2.05, 4.69) is 15.3 Å². The minimum Gasteiger partial charge on any atom is -0.474 e. The summed E-state index contributed by atoms with van der Waals surface area (Å²) in [4.78, 5) is 10.7. The first-order chi connectivity index (χ1) is 22.9. The van der Waals surface area contributed by atoms with E-state index in [9.17, 15) is 27.2 Å². The number of alkyl halides is 4. The number of anilines is 1. The maximum Gasteiger partial charge on any atom is 0.417 e. The Bertz CT molecular complexity index is 2010. The molecule has 3 atom stereocenters. The lowest BCUT2D eigenvalue weighted by Gasteiger charge is -2.39. The van der Waals surface area contributed by atoms with Crippen LogP contribution in [0.1, 0.15) is 49.7 Å². The second-order valence-electron chi connectivity index (χ2n) is 13.5. The Balaban J connectivity index is 1.30. The monoisotopic (exact) mass is 688 g/mol. The van der Waals surface area contributed by atoms with E-state index >= 15 is 4.39 Å². The van der Waals surface area contributed by atoms with Crippen molar-refractivity contribution in [2.45, 2.75) is 62.5 Å². The van der Waals surface area contributed by atoms with E-state index in [1.807, 2.05) is 11.0 Å². The summed E-state index contributed by atoms with van der Waals surface area (Å²) >= 11 is 0.692. The number of halogens is 6. The predicted octanol–water partition coefficient (Wildman–Crippen LogP) is 6.74. The van der Waals surface area contributed by atoms with Gasteiger partial charge in [0.05, 0.1) is 26.8 Å². The van der Waals surface area contributed by atoms with Crippen LogP contribution in [0.15, 0.2) is 18.2 Å². The van der Waals surface area contributed by atoms with Gasteiger partial charge in [-0.2, -0.15) is 28.4 Å². The van der Waals surface area contributed by atoms with Gasteiger partial charge in [0, 0.05) is 37.0 Å². The Morgan fingerprint density at radius 3 is 2.69 bits per heavy atom. The summed E-state index contributed by atoms with van der Waals surface area (Å²) in [6.45, 7) is 2.60. The van der Waals surface area contributed by atoms with Crippen LogP contribution in [0.25, 0.3) is 32.1 Å². The second kappa shape index (κ2) is 11.1. The van der Waals surface area contributed by atoms with Crippen molar-refractivity contribution in [3.8, 4) is 29.1 Å². The maximum atomic E-state index is 16.9. The molecule has 1 spiro atoms. The van der Waals surface area contributed by atoms with Crippen molar-refractivity contribution in [3.05, 3.63) is 41.0 Å². The standard InChI is InChI=1S/C33H30F6N6O2S/c34-16-9-32(5-1-7-45(32)12-16)15-46-30-43-26-19(29(44-30)47-17-4-6-31(10-17)13-42-14-31)8-21(33(37,38)39)24(25(26)36)18-2-3-22(35)27-23(18)20(11-40)28(41)48-27/h2-3,8,16-17,42H,1,4-7,9-10,12-15,41H2/t16-,17+,32+/m1/s1. The van der Waals surface area contributed by atoms with Crippen molar-refractivity contribution in [1.29, 1.82) is 5.26 Å². The van der Waals surface area contributed by atoms with Gasteiger partial charge in [0.25, 0.3) is 0 Å². The summed E-state index contributed by atoms with van der Waals surface area (Å²) in [5.41, 5.74) is 1.99. The van der Waals surface area contributed by atoms with Crippen LogP contribution in [0.5, 0.6) is 11.9 Å². The number of aromatic nitrogens is 2. The van der Waals surface area contributed by atoms with Crippen molar-refractivity contribution >= 4 is 37.3 Å². The molecule has 252 valence electrons. The number of benzene rings is 2. The smallest absolute Gasteiger partial charge is 0.417 e. The maximum absolute atomic E-state index is 16.9. The van der Waals surface area contributed by atoms with Crippen LogP contribution in [0.3, 0.4) is 0 Å². The molecule has 4 fully saturated rings. The quantitative estimate of drug-likeness (QED) is 0.215. The molecule has 3 N–H and O–H groups in total. The Kier molecular flexibility index (Phi) is 7.25. The molecule has 15 heteroatoms. The Hall–Kier alpha value is -3.87. The summed E-state index contributed by atoms with van der Waals surface area (Å²) in [5, 5.41) is 12.4. The number of nitrogens with zero attached hydrogens (tertiary/aromatic N) is 4. The van der Waals surface area contributed by atoms with Crippen LogP contribution in [0.4, 0.5) is 31.3 Å². The minimum atomic E-state index is -5.09. The van der Waals surface area contributed by atoms with Gasteiger partial charge in [0.1, 0.15) is 41.3 Å². The van der Waals surface area contributed by atoms with E-state index in [1.54, 1.807) is 0 Å². The van der Waals surface area contributed by atoms with Crippen molar-refractivity contribution in [3.63, 3.8) is 0 Å². The fourth-order valence-electron chi connectivity index (χ4n) is 8.19. The van der Waals surface area contributed by atoms with E-state index < -0.39 is 46.2 Å². The average molecular weight is 689 g/mol. The van der Waals surface area contributed by atoms with Gasteiger partial charge in [-0.25, -0.2) is 13.2 Å². The van der Waals surface area contributed by atoms with Crippen molar-refractivity contribution in [1.82, 2.24) is 20.2 Å². The largest absolute Gasteiger partial charge is 0.474 e. The number of thiophene rings is 1. The van der Waals surface area contributed by atoms with Crippen LogP contribution in [-0.4, -0.2) is 65.5 Å². The third-order valence-electron chi connectivity index (χ3n) is 10.5. The number of nitrogens with one attached hydrogen (secondary N) is 1. The molecule has 0 unspecified atom stereocenters. The predicted molar refractivity (Wildman–Crippen MR) is 167 cm³/mol. The average Bonchev–Trinajstić information content (AvgIpc) is 3.77. The Morgan fingerprint density at radius 1 is 1.17 bits per heavy atom. The normalized spacial score (nSPS) is 25.1. The molecule has 0 radical (unpaired) electrons. The first-order valence-electron chi connectivity index (χ1n) is 15.8. The fraction of sp³-hybridized carbons (Fsp3) is 0.485. The molecule has 48 heavy (non-hydrogen) atoms. The molecular formula is C33H30F6N6O2S. The van der Waals surface area contributed by atoms with Gasteiger partial charge in [0.2, 0.25) is 5.88 Å². The number of nitriles is 1. The summed E-state index contributed by atoms with van der Waals surface area (Å²) in [6, 6.07) is 4.17. The third kappa shape index (κ3) is 4.94. The summed E-state index contributed by atoms with van der Waals surface area (Å²) in [6.07, 6.45) is -2.57. The molecule has 2 aromatic carbocycles. The van der Waals surface area contributed by atoms with Crippen molar-refractivity contribution in [2.75, 3.05) is 38.5 Å². The summed E-state index contributed by atoms with van der Waals surface area (Å²) < 4.78 is 103. The molecule has 0 bridgehead atoms. The van der Waals surface area contributed by atoms with Crippen LogP contribution in [0, 0.1) is 28.4 Å². The molecule has 3 aliphatic heterocycles. The molecule has 5 heterocycles. The van der Waals surface area contributed by atoms with Crippen molar-refractivity contribution in [2.24, 2.45) is 5.41 Å². The lowest BCUT2D eigenvalue weighted by molar-refractivity contribution is -0.137. The molecule has 8 rings (SSSR count). The van der Waals surface area contributed by atoms with Crippen LogP contribution in [0.2, 0.25) is 0 Å². The van der Waals surface area contributed by atoms with Crippen LogP contribution in [-0.2, 0) is 6.18 Å². The highest BCUT2D eigenvalue weighted by Gasteiger charge is 2.50. The first-order valence-corrected chi connectivity index (χ1v) is 16.6. The van der Waals surface area contributed by atoms with E-state index in [-0.39, 0.29) is 74.6 Å². The Labute approximate surface area is 274 Å². The van der Waals surface area contributed by atoms with Gasteiger partial charge in [0.15, 0.2) is 5.82 Å². The van der Waals surface area contributed by atoms with E-state index in [1.165, 1.54) is 0 Å². The van der Waals surface area contributed by atoms with E-state index in [4.69, 9.17) is 15.2 Å². The topological polar surface area (TPSA) is 109 Å². The van der Waals surface area contributed by atoms with Gasteiger partial charge >= 0.3 is 12.2 Å². The summed E-state index contributed by atoms with van der Waals surface area (Å²) in [7, 11) is 0. The number of nitrogens with two attached hydrogens (primary N) is 1. The van der Waals surface area contributed by atoms with Gasteiger partial charge < -0.3 is 20.5 Å². The zero-order valence-electron chi connectivity index (χ0n) is 25.5. The van der Waals surface area contributed by atoms with Gasteiger partial charge in [-0.05, 0) is 61.8 Å². The minimum absolute atomic E-state index is 0.00395. The molecule has 8 nitrogen and oxygen atoms in total. The second-order valence-corrected chi connectivity index (χ2v) is 14.6. The van der Waals surface area contributed by atoms with Crippen molar-refractivity contribution < 1.29 is 35.8 Å². The zero-order chi connectivity index (χ0) is 33.6. The molecular weight excluding hydrogens is 658 g/mol. The van der Waals surface area contributed by atoms with E-state index in [0.717, 1.165) is 44.1 Å². The number of hydrogen-bond donors (Lipinski definition) is 2. The zero-order valence-corrected chi connectivity index (χ0v) is 26.3. The highest BCUT2D eigenvalue weighted by Crippen LogP contribution is 2.49. The summed E-state index contributed by atoms with van der Waals surface area (Å²) in [5.74, 6) is -2.43. The number of hydrogen-bond acceptors (Lipinski definition) is 9. The van der Waals surface area contributed by atoms with Gasteiger partial charge in [-0.1, -0.05) is 6.07 Å². The lowest BCUT2D eigenvalue weighted by atomic mass is 9.80. The molecule has 1 aliphatic carbocycles. The van der Waals surface area contributed by atoms with Gasteiger partial charge in [-0.3, -0.25) is 4.90 Å². The SMILES string of the molecule is N#Cc1c(N)sc2c(F)ccc(-c3c(C(F)(F)F)cc4c(O[C@H]5CCC6(CNC6)C5)nc(OC[C@@]56CCCN5C[C@H](F)C6)nc4c3F)c12. The molecule has 4 aromatic rings. The fourth-order valence-corrected chi connectivity index (χ4v) is 9.14. The number of rotatable bonds is 6. The lowest BCUT2D eigenvalue weighted by Crippen LogP contribution is -2.52. The van der Waals surface area contributed by atoms with Gasteiger partial charge in [-0.15, -0.1) is 11.3 Å².